The minimum atomic E-state index is -0.0365. The number of ether oxygens (including phenoxy) is 1. The summed E-state index contributed by atoms with van der Waals surface area (Å²) in [5.41, 5.74) is 2.23. The standard InChI is InChI=1S/C17H18N6O3/c1-22-20-16(19-21-22)11-3-5-12(6-4-11)17(24)23-8-7-14-13(9-23)18-15(26-14)10-25-2/h3-6H,7-10H2,1-2H3. The number of aryl methyl sites for hydroxylation is 1. The Hall–Kier alpha value is -3.07. The van der Waals surface area contributed by atoms with Gasteiger partial charge in [-0.3, -0.25) is 4.79 Å². The first-order valence-corrected chi connectivity index (χ1v) is 8.24. The highest BCUT2D eigenvalue weighted by atomic mass is 16.5. The number of rotatable bonds is 4. The van der Waals surface area contributed by atoms with Crippen LogP contribution in [0.3, 0.4) is 0 Å². The van der Waals surface area contributed by atoms with Crippen LogP contribution in [0.5, 0.6) is 0 Å². The molecule has 0 radical (unpaired) electrons. The van der Waals surface area contributed by atoms with Crippen molar-refractivity contribution in [3.63, 3.8) is 0 Å². The molecular weight excluding hydrogens is 336 g/mol. The smallest absolute Gasteiger partial charge is 0.254 e. The highest BCUT2D eigenvalue weighted by Crippen LogP contribution is 2.22. The number of methoxy groups -OCH3 is 1. The molecule has 134 valence electrons. The normalized spacial score (nSPS) is 13.7. The average Bonchev–Trinajstić information content (AvgIpc) is 3.26. The van der Waals surface area contributed by atoms with Crippen molar-refractivity contribution in [2.75, 3.05) is 13.7 Å². The van der Waals surface area contributed by atoms with E-state index in [0.717, 1.165) is 17.0 Å². The van der Waals surface area contributed by atoms with Crippen molar-refractivity contribution < 1.29 is 13.9 Å². The van der Waals surface area contributed by atoms with Gasteiger partial charge in [-0.1, -0.05) is 12.1 Å². The highest BCUT2D eigenvalue weighted by molar-refractivity contribution is 5.94. The minimum Gasteiger partial charge on any atom is -0.443 e. The molecule has 0 unspecified atom stereocenters. The minimum absolute atomic E-state index is 0.0365. The van der Waals surface area contributed by atoms with Crippen LogP contribution in [-0.2, 0) is 31.4 Å². The number of carbonyl (C=O) groups is 1. The van der Waals surface area contributed by atoms with Crippen LogP contribution >= 0.6 is 0 Å². The summed E-state index contributed by atoms with van der Waals surface area (Å²) in [5, 5.41) is 11.9. The van der Waals surface area contributed by atoms with Gasteiger partial charge < -0.3 is 14.1 Å². The van der Waals surface area contributed by atoms with Gasteiger partial charge in [0.1, 0.15) is 18.1 Å². The lowest BCUT2D eigenvalue weighted by Gasteiger charge is -2.25. The van der Waals surface area contributed by atoms with Gasteiger partial charge in [-0.2, -0.15) is 4.80 Å². The van der Waals surface area contributed by atoms with E-state index >= 15 is 0 Å². The number of tetrazole rings is 1. The molecule has 0 atom stereocenters. The molecule has 1 aliphatic rings. The molecule has 0 aliphatic carbocycles. The Bertz CT molecular complexity index is 930. The largest absolute Gasteiger partial charge is 0.443 e. The van der Waals surface area contributed by atoms with E-state index in [1.165, 1.54) is 4.80 Å². The van der Waals surface area contributed by atoms with Crippen LogP contribution in [0.2, 0.25) is 0 Å². The van der Waals surface area contributed by atoms with Gasteiger partial charge in [-0.15, -0.1) is 10.2 Å². The van der Waals surface area contributed by atoms with E-state index in [1.54, 1.807) is 31.2 Å². The summed E-state index contributed by atoms with van der Waals surface area (Å²) in [7, 11) is 3.31. The monoisotopic (exact) mass is 354 g/mol. The maximum absolute atomic E-state index is 12.8. The maximum atomic E-state index is 12.8. The fourth-order valence-electron chi connectivity index (χ4n) is 2.95. The first-order chi connectivity index (χ1) is 12.6. The van der Waals surface area contributed by atoms with Crippen LogP contribution in [0, 0.1) is 0 Å². The molecule has 0 spiro atoms. The molecule has 1 aromatic carbocycles. The van der Waals surface area contributed by atoms with E-state index in [0.29, 0.717) is 43.4 Å². The molecule has 26 heavy (non-hydrogen) atoms. The van der Waals surface area contributed by atoms with E-state index in [1.807, 2.05) is 12.1 Å². The second kappa shape index (κ2) is 6.68. The number of nitrogens with zero attached hydrogens (tertiary/aromatic N) is 6. The number of aromatic nitrogens is 5. The van der Waals surface area contributed by atoms with Gasteiger partial charge in [0.15, 0.2) is 0 Å². The molecule has 0 N–H and O–H groups in total. The van der Waals surface area contributed by atoms with Gasteiger partial charge in [0, 0.05) is 31.2 Å². The number of amides is 1. The van der Waals surface area contributed by atoms with E-state index in [2.05, 4.69) is 20.4 Å². The lowest BCUT2D eigenvalue weighted by molar-refractivity contribution is 0.0727. The zero-order valence-electron chi connectivity index (χ0n) is 14.5. The fraction of sp³-hybridized carbons (Fsp3) is 0.353. The van der Waals surface area contributed by atoms with Crippen LogP contribution in [0.25, 0.3) is 11.4 Å². The Balaban J connectivity index is 1.49. The van der Waals surface area contributed by atoms with Crippen molar-refractivity contribution in [3.8, 4) is 11.4 Å². The number of hydrogen-bond acceptors (Lipinski definition) is 7. The van der Waals surface area contributed by atoms with Crippen LogP contribution < -0.4 is 0 Å². The van der Waals surface area contributed by atoms with Gasteiger partial charge in [0.25, 0.3) is 5.91 Å². The molecule has 0 saturated carbocycles. The number of carbonyl (C=O) groups excluding carboxylic acids is 1. The SMILES string of the molecule is COCc1nc2c(o1)CCN(C(=O)c1ccc(-c3nnn(C)n3)cc1)C2. The van der Waals surface area contributed by atoms with Crippen molar-refractivity contribution in [2.45, 2.75) is 19.6 Å². The summed E-state index contributed by atoms with van der Waals surface area (Å²) < 4.78 is 10.7. The van der Waals surface area contributed by atoms with E-state index in [9.17, 15) is 4.79 Å². The lowest BCUT2D eigenvalue weighted by Crippen LogP contribution is -2.35. The lowest BCUT2D eigenvalue weighted by atomic mass is 10.1. The average molecular weight is 354 g/mol. The van der Waals surface area contributed by atoms with Crippen LogP contribution in [-0.4, -0.2) is 49.7 Å². The Morgan fingerprint density at radius 2 is 2.12 bits per heavy atom. The van der Waals surface area contributed by atoms with Crippen LogP contribution in [0.15, 0.2) is 28.7 Å². The number of fused-ring (bicyclic) bond motifs is 1. The third kappa shape index (κ3) is 3.08. The summed E-state index contributed by atoms with van der Waals surface area (Å²) in [4.78, 5) is 20.4. The van der Waals surface area contributed by atoms with E-state index in [-0.39, 0.29) is 5.91 Å². The molecule has 1 aliphatic heterocycles. The van der Waals surface area contributed by atoms with Crippen molar-refractivity contribution in [1.29, 1.82) is 0 Å². The van der Waals surface area contributed by atoms with Gasteiger partial charge >= 0.3 is 0 Å². The van der Waals surface area contributed by atoms with Gasteiger partial charge in [-0.05, 0) is 17.3 Å². The fourth-order valence-corrected chi connectivity index (χ4v) is 2.95. The zero-order chi connectivity index (χ0) is 18.1. The third-order valence-corrected chi connectivity index (χ3v) is 4.23. The van der Waals surface area contributed by atoms with Gasteiger partial charge in [0.05, 0.1) is 13.6 Å². The summed E-state index contributed by atoms with van der Waals surface area (Å²) in [6.07, 6.45) is 0.652. The summed E-state index contributed by atoms with van der Waals surface area (Å²) in [5.74, 6) is 1.88. The second-order valence-corrected chi connectivity index (χ2v) is 6.07. The molecule has 0 saturated heterocycles. The topological polar surface area (TPSA) is 99.2 Å². The Labute approximate surface area is 149 Å². The first kappa shape index (κ1) is 16.4. The maximum Gasteiger partial charge on any atom is 0.254 e. The van der Waals surface area contributed by atoms with E-state index < -0.39 is 0 Å². The first-order valence-electron chi connectivity index (χ1n) is 8.24. The van der Waals surface area contributed by atoms with E-state index in [4.69, 9.17) is 9.15 Å². The Morgan fingerprint density at radius 3 is 2.81 bits per heavy atom. The molecule has 0 bridgehead atoms. The molecule has 0 fully saturated rings. The predicted octanol–water partition coefficient (Wildman–Crippen LogP) is 1.21. The Kier molecular flexibility index (Phi) is 4.21. The zero-order valence-corrected chi connectivity index (χ0v) is 14.5. The van der Waals surface area contributed by atoms with Gasteiger partial charge in [-0.25, -0.2) is 4.98 Å². The molecule has 9 nitrogen and oxygen atoms in total. The second-order valence-electron chi connectivity index (χ2n) is 6.07. The molecular formula is C17H18N6O3. The molecule has 9 heteroatoms. The molecule has 1 amide bonds. The summed E-state index contributed by atoms with van der Waals surface area (Å²) in [6, 6.07) is 7.21. The van der Waals surface area contributed by atoms with Crippen LogP contribution in [0.4, 0.5) is 0 Å². The molecule has 2 aromatic heterocycles. The summed E-state index contributed by atoms with van der Waals surface area (Å²) in [6.45, 7) is 1.37. The van der Waals surface area contributed by atoms with Crippen LogP contribution in [0.1, 0.15) is 27.7 Å². The van der Waals surface area contributed by atoms with Crippen molar-refractivity contribution in [2.24, 2.45) is 7.05 Å². The molecule has 4 rings (SSSR count). The molecule has 3 heterocycles. The van der Waals surface area contributed by atoms with Gasteiger partial charge in [0.2, 0.25) is 11.7 Å². The highest BCUT2D eigenvalue weighted by Gasteiger charge is 2.26. The van der Waals surface area contributed by atoms with Crippen molar-refractivity contribution in [3.05, 3.63) is 47.2 Å². The quantitative estimate of drug-likeness (QED) is 0.694. The predicted molar refractivity (Wildman–Crippen MR) is 89.9 cm³/mol. The Morgan fingerprint density at radius 1 is 1.31 bits per heavy atom. The van der Waals surface area contributed by atoms with Crippen molar-refractivity contribution in [1.82, 2.24) is 30.1 Å². The summed E-state index contributed by atoms with van der Waals surface area (Å²) >= 11 is 0. The third-order valence-electron chi connectivity index (χ3n) is 4.23. The number of benzene rings is 1. The number of oxazole rings is 1. The van der Waals surface area contributed by atoms with Crippen molar-refractivity contribution >= 4 is 5.91 Å². The number of hydrogen-bond donors (Lipinski definition) is 0. The molecule has 3 aromatic rings.